The Morgan fingerprint density at radius 2 is 2.14 bits per heavy atom. The number of pyridine rings is 2. The molecule has 7 heteroatoms. The van der Waals surface area contributed by atoms with Gasteiger partial charge in [0.25, 0.3) is 0 Å². The number of hydrogen-bond acceptors (Lipinski definition) is 6. The van der Waals surface area contributed by atoms with Crippen LogP contribution in [0.2, 0.25) is 0 Å². The molecule has 150 valence electrons. The van der Waals surface area contributed by atoms with E-state index in [2.05, 4.69) is 14.9 Å². The van der Waals surface area contributed by atoms with Gasteiger partial charge in [-0.05, 0) is 50.5 Å². The lowest BCUT2D eigenvalue weighted by molar-refractivity contribution is 0.105. The molecule has 1 fully saturated rings. The van der Waals surface area contributed by atoms with E-state index in [0.717, 1.165) is 28.3 Å². The number of imidazole rings is 1. The second-order valence-corrected chi connectivity index (χ2v) is 8.01. The largest absolute Gasteiger partial charge is 0.394 e. The maximum absolute atomic E-state index is 9.63. The van der Waals surface area contributed by atoms with Crippen LogP contribution in [0.3, 0.4) is 0 Å². The van der Waals surface area contributed by atoms with Gasteiger partial charge in [-0.25, -0.2) is 9.97 Å². The molecule has 3 unspecified atom stereocenters. The zero-order chi connectivity index (χ0) is 20.0. The second kappa shape index (κ2) is 7.24. The van der Waals surface area contributed by atoms with Gasteiger partial charge in [0, 0.05) is 36.0 Å². The minimum Gasteiger partial charge on any atom is -0.394 e. The molecule has 0 saturated heterocycles. The summed E-state index contributed by atoms with van der Waals surface area (Å²) >= 11 is 0. The first kappa shape index (κ1) is 18.3. The summed E-state index contributed by atoms with van der Waals surface area (Å²) in [5.41, 5.74) is 4.92. The number of aromatic nitrogens is 4. The zero-order valence-electron chi connectivity index (χ0n) is 16.4. The molecule has 3 aromatic heterocycles. The van der Waals surface area contributed by atoms with Crippen LogP contribution in [0.4, 0.5) is 5.82 Å². The molecule has 7 nitrogen and oxygen atoms in total. The SMILES string of the molecule is Cc1cccc(-c2nc3n(c2-c2ccnc(NCC(O)CO)c2)C2CCC3C2)n1. The van der Waals surface area contributed by atoms with Crippen molar-refractivity contribution in [3.8, 4) is 22.6 Å². The van der Waals surface area contributed by atoms with Gasteiger partial charge in [0.1, 0.15) is 17.3 Å². The van der Waals surface area contributed by atoms with Gasteiger partial charge in [-0.15, -0.1) is 0 Å². The molecule has 5 rings (SSSR count). The van der Waals surface area contributed by atoms with Crippen LogP contribution < -0.4 is 5.32 Å². The number of aliphatic hydroxyl groups is 2. The topological polar surface area (TPSA) is 96.1 Å². The highest BCUT2D eigenvalue weighted by Gasteiger charge is 2.41. The lowest BCUT2D eigenvalue weighted by Gasteiger charge is -2.18. The van der Waals surface area contributed by atoms with Crippen molar-refractivity contribution >= 4 is 5.82 Å². The molecule has 0 radical (unpaired) electrons. The van der Waals surface area contributed by atoms with E-state index in [1.54, 1.807) is 6.20 Å². The Balaban J connectivity index is 1.60. The molecular formula is C22H25N5O2. The molecule has 0 amide bonds. The summed E-state index contributed by atoms with van der Waals surface area (Å²) in [7, 11) is 0. The van der Waals surface area contributed by atoms with E-state index >= 15 is 0 Å². The highest BCUT2D eigenvalue weighted by molar-refractivity contribution is 5.79. The van der Waals surface area contributed by atoms with Crippen LogP contribution >= 0.6 is 0 Å². The molecular weight excluding hydrogens is 366 g/mol. The van der Waals surface area contributed by atoms with Crippen molar-refractivity contribution in [2.75, 3.05) is 18.5 Å². The van der Waals surface area contributed by atoms with E-state index in [1.807, 2.05) is 37.3 Å². The van der Waals surface area contributed by atoms with E-state index in [4.69, 9.17) is 15.1 Å². The molecule has 1 saturated carbocycles. The number of rotatable bonds is 6. The first-order valence-electron chi connectivity index (χ1n) is 10.2. The fourth-order valence-corrected chi connectivity index (χ4v) is 4.63. The van der Waals surface area contributed by atoms with Crippen molar-refractivity contribution < 1.29 is 10.2 Å². The zero-order valence-corrected chi connectivity index (χ0v) is 16.4. The summed E-state index contributed by atoms with van der Waals surface area (Å²) in [4.78, 5) is 14.2. The average Bonchev–Trinajstić information content (AvgIpc) is 3.44. The Morgan fingerprint density at radius 1 is 1.24 bits per heavy atom. The van der Waals surface area contributed by atoms with Gasteiger partial charge in [0.15, 0.2) is 0 Å². The van der Waals surface area contributed by atoms with Crippen molar-refractivity contribution in [3.05, 3.63) is 48.0 Å². The maximum Gasteiger partial charge on any atom is 0.126 e. The summed E-state index contributed by atoms with van der Waals surface area (Å²) in [6.45, 7) is 1.96. The standard InChI is InChI=1S/C22H25N5O2/c1-13-3-2-4-18(25-13)20-21(27-16-6-5-15(9-16)22(27)26-20)14-7-8-23-19(10-14)24-11-17(29)12-28/h2-4,7-8,10,15-17,28-29H,5-6,9,11-12H2,1H3,(H,23,24). The molecule has 3 N–H and O–H groups in total. The number of fused-ring (bicyclic) bond motifs is 5. The van der Waals surface area contributed by atoms with Crippen LogP contribution in [0.1, 0.15) is 42.7 Å². The first-order valence-corrected chi connectivity index (χ1v) is 10.2. The first-order chi connectivity index (χ1) is 14.1. The summed E-state index contributed by atoms with van der Waals surface area (Å²) < 4.78 is 2.41. The Kier molecular flexibility index (Phi) is 4.56. The van der Waals surface area contributed by atoms with Gasteiger partial charge in [-0.2, -0.15) is 0 Å². The highest BCUT2D eigenvalue weighted by Crippen LogP contribution is 2.52. The minimum atomic E-state index is -0.817. The van der Waals surface area contributed by atoms with Gasteiger partial charge in [0.05, 0.1) is 24.1 Å². The monoisotopic (exact) mass is 391 g/mol. The fourth-order valence-electron chi connectivity index (χ4n) is 4.63. The Bertz CT molecular complexity index is 1050. The smallest absolute Gasteiger partial charge is 0.126 e. The number of hydrogen-bond donors (Lipinski definition) is 3. The molecule has 2 bridgehead atoms. The fraction of sp³-hybridized carbons (Fsp3) is 0.409. The quantitative estimate of drug-likeness (QED) is 0.598. The van der Waals surface area contributed by atoms with Crippen LogP contribution in [-0.4, -0.2) is 49.0 Å². The van der Waals surface area contributed by atoms with Gasteiger partial charge in [-0.1, -0.05) is 6.07 Å². The van der Waals surface area contributed by atoms with Crippen molar-refractivity contribution in [1.29, 1.82) is 0 Å². The van der Waals surface area contributed by atoms with Gasteiger partial charge in [-0.3, -0.25) is 4.98 Å². The molecule has 1 aliphatic carbocycles. The van der Waals surface area contributed by atoms with Crippen LogP contribution in [0, 0.1) is 6.92 Å². The molecule has 29 heavy (non-hydrogen) atoms. The Labute approximate surface area is 169 Å². The summed E-state index contributed by atoms with van der Waals surface area (Å²) in [5, 5.41) is 21.8. The van der Waals surface area contributed by atoms with Crippen LogP contribution in [0.25, 0.3) is 22.6 Å². The van der Waals surface area contributed by atoms with E-state index in [-0.39, 0.29) is 13.2 Å². The molecule has 0 aromatic carbocycles. The number of nitrogens with one attached hydrogen (secondary N) is 1. The molecule has 3 atom stereocenters. The lowest BCUT2D eigenvalue weighted by atomic mass is 10.1. The average molecular weight is 391 g/mol. The summed E-state index contributed by atoms with van der Waals surface area (Å²) in [5.74, 6) is 2.38. The molecule has 1 aliphatic heterocycles. The number of aliphatic hydroxyl groups excluding tert-OH is 2. The van der Waals surface area contributed by atoms with Crippen molar-refractivity contribution in [1.82, 2.24) is 19.5 Å². The number of aryl methyl sites for hydroxylation is 1. The number of nitrogens with zero attached hydrogens (tertiary/aromatic N) is 4. The molecule has 4 heterocycles. The van der Waals surface area contributed by atoms with E-state index < -0.39 is 6.10 Å². The Hall–Kier alpha value is -2.77. The third-order valence-electron chi connectivity index (χ3n) is 5.97. The van der Waals surface area contributed by atoms with Crippen molar-refractivity contribution in [2.45, 2.75) is 44.2 Å². The van der Waals surface area contributed by atoms with Crippen molar-refractivity contribution in [2.24, 2.45) is 0 Å². The van der Waals surface area contributed by atoms with Crippen molar-refractivity contribution in [3.63, 3.8) is 0 Å². The second-order valence-electron chi connectivity index (χ2n) is 8.01. The molecule has 2 aliphatic rings. The predicted molar refractivity (Wildman–Crippen MR) is 111 cm³/mol. The normalized spacial score (nSPS) is 20.7. The third-order valence-corrected chi connectivity index (χ3v) is 5.97. The van der Waals surface area contributed by atoms with Gasteiger partial charge < -0.3 is 20.1 Å². The van der Waals surface area contributed by atoms with Crippen LogP contribution in [-0.2, 0) is 0 Å². The minimum absolute atomic E-state index is 0.245. The molecule has 3 aromatic rings. The van der Waals surface area contributed by atoms with Crippen LogP contribution in [0.15, 0.2) is 36.5 Å². The van der Waals surface area contributed by atoms with E-state index in [1.165, 1.54) is 25.1 Å². The van der Waals surface area contributed by atoms with Gasteiger partial charge >= 0.3 is 0 Å². The lowest BCUT2D eigenvalue weighted by Crippen LogP contribution is -2.23. The molecule has 0 spiro atoms. The number of anilines is 1. The summed E-state index contributed by atoms with van der Waals surface area (Å²) in [6.07, 6.45) is 4.53. The van der Waals surface area contributed by atoms with Gasteiger partial charge in [0.2, 0.25) is 0 Å². The third kappa shape index (κ3) is 3.20. The van der Waals surface area contributed by atoms with E-state index in [0.29, 0.717) is 17.8 Å². The Morgan fingerprint density at radius 3 is 2.97 bits per heavy atom. The van der Waals surface area contributed by atoms with E-state index in [9.17, 15) is 5.11 Å². The summed E-state index contributed by atoms with van der Waals surface area (Å²) in [6, 6.07) is 10.5. The predicted octanol–water partition coefficient (Wildman–Crippen LogP) is 2.90. The van der Waals surface area contributed by atoms with Crippen LogP contribution in [0.5, 0.6) is 0 Å². The maximum atomic E-state index is 9.63. The highest BCUT2D eigenvalue weighted by atomic mass is 16.3.